The summed E-state index contributed by atoms with van der Waals surface area (Å²) in [6.07, 6.45) is 4.84. The smallest absolute Gasteiger partial charge is 0.249 e. The van der Waals surface area contributed by atoms with Crippen LogP contribution in [-0.4, -0.2) is 38.6 Å². The number of fused-ring (bicyclic) bond motifs is 7. The number of carbonyl (C=O) groups is 2. The summed E-state index contributed by atoms with van der Waals surface area (Å²) in [7, 11) is 0. The summed E-state index contributed by atoms with van der Waals surface area (Å²) >= 11 is 0. The van der Waals surface area contributed by atoms with Crippen molar-refractivity contribution in [2.75, 3.05) is 5.32 Å². The molecule has 268 valence electrons. The summed E-state index contributed by atoms with van der Waals surface area (Å²) in [5, 5.41) is 18.2. The third-order valence-corrected chi connectivity index (χ3v) is 12.3. The largest absolute Gasteiger partial charge is 0.469 e. The molecule has 0 fully saturated rings. The average Bonchev–Trinajstić information content (AvgIpc) is 3.99. The van der Waals surface area contributed by atoms with Crippen molar-refractivity contribution < 1.29 is 28.3 Å². The number of anilines is 1. The van der Waals surface area contributed by atoms with E-state index >= 15 is 0 Å². The Hall–Kier alpha value is -5.48. The van der Waals surface area contributed by atoms with Gasteiger partial charge in [-0.15, -0.1) is 0 Å². The number of aromatic nitrogens is 2. The number of amides is 1. The lowest BCUT2D eigenvalue weighted by Gasteiger charge is -2.29. The van der Waals surface area contributed by atoms with Crippen LogP contribution in [0.15, 0.2) is 75.7 Å². The molecule has 1 aliphatic carbocycles. The summed E-state index contributed by atoms with van der Waals surface area (Å²) in [6, 6.07) is 18.1. The first kappa shape index (κ1) is 32.2. The molecule has 2 aromatic heterocycles. The van der Waals surface area contributed by atoms with Crippen molar-refractivity contribution >= 4 is 23.0 Å². The highest BCUT2D eigenvalue weighted by molar-refractivity contribution is 5.97. The van der Waals surface area contributed by atoms with E-state index in [-0.39, 0.29) is 43.3 Å². The summed E-state index contributed by atoms with van der Waals surface area (Å²) in [5.41, 5.74) is 6.99. The number of nitrogens with one attached hydrogen (secondary N) is 2. The zero-order valence-electron chi connectivity index (χ0n) is 30.1. The van der Waals surface area contributed by atoms with Crippen LogP contribution in [0.25, 0.3) is 28.3 Å². The molecule has 4 aliphatic heterocycles. The van der Waals surface area contributed by atoms with Crippen LogP contribution in [0.4, 0.5) is 5.69 Å². The van der Waals surface area contributed by atoms with E-state index < -0.39 is 29.2 Å². The first-order valence-corrected chi connectivity index (χ1v) is 18.7. The maximum Gasteiger partial charge on any atom is 0.249 e. The van der Waals surface area contributed by atoms with Crippen LogP contribution in [0.2, 0.25) is 0 Å². The molecule has 1 amide bonds. The number of benzene rings is 3. The molecule has 4 atom stereocenters. The molecule has 10 bridgehead atoms. The van der Waals surface area contributed by atoms with Crippen molar-refractivity contribution in [2.45, 2.75) is 83.1 Å². The van der Waals surface area contributed by atoms with Crippen LogP contribution in [0.3, 0.4) is 0 Å². The fourth-order valence-electron chi connectivity index (χ4n) is 9.28. The van der Waals surface area contributed by atoms with Crippen molar-refractivity contribution in [1.82, 2.24) is 15.3 Å². The van der Waals surface area contributed by atoms with Gasteiger partial charge in [0.2, 0.25) is 17.7 Å². The van der Waals surface area contributed by atoms with Crippen LogP contribution < -0.4 is 15.4 Å². The van der Waals surface area contributed by atoms with Crippen LogP contribution in [0.5, 0.6) is 5.75 Å². The number of rotatable bonds is 6. The van der Waals surface area contributed by atoms with Gasteiger partial charge < -0.3 is 29.3 Å². The van der Waals surface area contributed by atoms with E-state index in [2.05, 4.69) is 59.2 Å². The van der Waals surface area contributed by atoms with Gasteiger partial charge in [-0.25, -0.2) is 9.97 Å². The average molecular weight is 709 g/mol. The van der Waals surface area contributed by atoms with Crippen LogP contribution in [0.1, 0.15) is 98.2 Å². The van der Waals surface area contributed by atoms with Gasteiger partial charge in [-0.3, -0.25) is 9.59 Å². The summed E-state index contributed by atoms with van der Waals surface area (Å²) < 4.78 is 20.5. The van der Waals surface area contributed by atoms with Gasteiger partial charge in [-0.2, -0.15) is 0 Å². The molecule has 10 heteroatoms. The predicted octanol–water partition coefficient (Wildman–Crippen LogP) is 7.27. The number of Topliss-reactive ketones (excluding diaryl/α,β-unsaturated/α-hetero) is 1. The topological polar surface area (TPSA) is 140 Å². The van der Waals surface area contributed by atoms with E-state index in [4.69, 9.17) is 23.5 Å². The summed E-state index contributed by atoms with van der Waals surface area (Å²) in [6.45, 7) is 7.59. The number of para-hydroxylation sites is 1. The van der Waals surface area contributed by atoms with Gasteiger partial charge in [-0.05, 0) is 59.9 Å². The van der Waals surface area contributed by atoms with Crippen molar-refractivity contribution in [1.29, 1.82) is 0 Å². The Kier molecular flexibility index (Phi) is 6.84. The highest BCUT2D eigenvalue weighted by Gasteiger charge is 2.61. The Balaban J connectivity index is 1.26. The molecule has 5 aliphatic rings. The number of nitrogens with zero attached hydrogens (tertiary/aromatic N) is 2. The zero-order chi connectivity index (χ0) is 36.4. The number of hydrogen-bond donors (Lipinski definition) is 3. The van der Waals surface area contributed by atoms with Gasteiger partial charge in [0.15, 0.2) is 29.2 Å². The molecule has 10 rings (SSSR count). The Bertz CT molecular complexity index is 2420. The van der Waals surface area contributed by atoms with E-state index in [1.165, 1.54) is 5.56 Å². The molecule has 0 radical (unpaired) electrons. The lowest BCUT2D eigenvalue weighted by atomic mass is 9.71. The molecule has 10 nitrogen and oxygen atoms in total. The van der Waals surface area contributed by atoms with Gasteiger partial charge in [0.25, 0.3) is 0 Å². The molecule has 0 saturated heterocycles. The lowest BCUT2D eigenvalue weighted by Crippen LogP contribution is -2.43. The molecular weight excluding hydrogens is 668 g/mol. The van der Waals surface area contributed by atoms with Gasteiger partial charge in [0.05, 0.1) is 6.20 Å². The fraction of sp³-hybridized carbons (Fsp3) is 0.349. The molecule has 6 heterocycles. The van der Waals surface area contributed by atoms with Gasteiger partial charge in [0.1, 0.15) is 22.8 Å². The number of ketones is 1. The van der Waals surface area contributed by atoms with E-state index in [1.54, 1.807) is 20.0 Å². The highest BCUT2D eigenvalue weighted by atomic mass is 16.5. The SMILES string of the molecule is CCC(O)(CC)C(=O)CC1Cc2ccc3c(c2)C24c5cccc(c5N[C@H]2O3)-c2cccc3c2C(=CC3)c2cnc(o2)-c2nc(oc24)[C@H](C(C)C)NC1=O. The minimum absolute atomic E-state index is 0.109. The number of allylic oxidation sites excluding steroid dienone is 1. The van der Waals surface area contributed by atoms with E-state index in [0.717, 1.165) is 51.1 Å². The number of aliphatic hydroxyl groups is 1. The molecule has 3 N–H and O–H groups in total. The minimum atomic E-state index is -1.50. The first-order valence-electron chi connectivity index (χ1n) is 18.7. The van der Waals surface area contributed by atoms with Gasteiger partial charge in [0, 0.05) is 40.3 Å². The van der Waals surface area contributed by atoms with Crippen molar-refractivity contribution in [3.05, 3.63) is 112 Å². The second-order valence-electron chi connectivity index (χ2n) is 15.4. The molecule has 5 aromatic rings. The third kappa shape index (κ3) is 4.35. The van der Waals surface area contributed by atoms with Gasteiger partial charge in [-0.1, -0.05) is 82.3 Å². The highest BCUT2D eigenvalue weighted by Crippen LogP contribution is 2.61. The quantitative estimate of drug-likeness (QED) is 0.166. The molecule has 53 heavy (non-hydrogen) atoms. The Morgan fingerprint density at radius 1 is 1.04 bits per heavy atom. The fourth-order valence-corrected chi connectivity index (χ4v) is 9.28. The maximum absolute atomic E-state index is 14.3. The Morgan fingerprint density at radius 2 is 1.85 bits per heavy atom. The second kappa shape index (κ2) is 11.3. The minimum Gasteiger partial charge on any atom is -0.469 e. The number of ether oxygens (including phenoxy) is 1. The molecule has 1 spiro atoms. The summed E-state index contributed by atoms with van der Waals surface area (Å²) in [5.74, 6) is 0.926. The van der Waals surface area contributed by atoms with Crippen LogP contribution in [-0.2, 0) is 27.8 Å². The van der Waals surface area contributed by atoms with Crippen molar-refractivity contribution in [3.63, 3.8) is 0 Å². The lowest BCUT2D eigenvalue weighted by molar-refractivity contribution is -0.141. The number of oxazole rings is 2. The van der Waals surface area contributed by atoms with Crippen LogP contribution in [0, 0.1) is 11.8 Å². The molecule has 0 saturated carbocycles. The molecular formula is C43H40N4O6. The van der Waals surface area contributed by atoms with Gasteiger partial charge >= 0.3 is 0 Å². The summed E-state index contributed by atoms with van der Waals surface area (Å²) in [4.78, 5) is 38.0. The normalized spacial score (nSPS) is 22.9. The standard InChI is InChI=1S/C43H40N4O6/c1-5-42(50,6-2)32(48)19-24-17-22-13-16-30-29(18-22)43-28-12-8-11-26(35(28)47-41(43)52-30)25-10-7-9-23-14-15-27(33(23)25)31-20-44-39(51-31)36-37(43)53-40(46-36)34(21(3)4)45-38(24)49/h7-13,15-16,18,20-21,24,34,41,47,50H,5-6,14,17,19H2,1-4H3,(H,45,49)/t24?,34-,41-,43?/m0/s1. The van der Waals surface area contributed by atoms with E-state index in [0.29, 0.717) is 34.7 Å². The monoisotopic (exact) mass is 708 g/mol. The molecule has 3 aromatic carbocycles. The van der Waals surface area contributed by atoms with Crippen LogP contribution >= 0.6 is 0 Å². The second-order valence-corrected chi connectivity index (χ2v) is 15.4. The van der Waals surface area contributed by atoms with E-state index in [9.17, 15) is 14.7 Å². The third-order valence-electron chi connectivity index (χ3n) is 12.3. The number of carbonyl (C=O) groups excluding carboxylic acids is 2. The van der Waals surface area contributed by atoms with Crippen molar-refractivity contribution in [2.24, 2.45) is 11.8 Å². The Labute approximate surface area is 306 Å². The van der Waals surface area contributed by atoms with Crippen molar-refractivity contribution in [3.8, 4) is 28.5 Å². The maximum atomic E-state index is 14.3. The van der Waals surface area contributed by atoms with E-state index in [1.807, 2.05) is 26.0 Å². The number of hydrogen-bond acceptors (Lipinski definition) is 9. The first-order chi connectivity index (χ1) is 25.6. The zero-order valence-corrected chi connectivity index (χ0v) is 30.1. The molecule has 2 unspecified atom stereocenters. The predicted molar refractivity (Wildman–Crippen MR) is 197 cm³/mol. The Morgan fingerprint density at radius 3 is 2.66 bits per heavy atom.